The molecule has 0 aliphatic rings. The molecular formula is C14H20O2. The van der Waals surface area contributed by atoms with Crippen molar-refractivity contribution in [3.05, 3.63) is 29.3 Å². The predicted molar refractivity (Wildman–Crippen MR) is 65.9 cm³/mol. The van der Waals surface area contributed by atoms with Crippen LogP contribution in [-0.2, 0) is 4.79 Å². The van der Waals surface area contributed by atoms with Gasteiger partial charge in [-0.1, -0.05) is 24.6 Å². The second-order valence-electron chi connectivity index (χ2n) is 4.11. The molecule has 1 rings (SSSR count). The maximum absolute atomic E-state index is 11.1. The van der Waals surface area contributed by atoms with E-state index in [4.69, 9.17) is 4.74 Å². The molecule has 88 valence electrons. The van der Waals surface area contributed by atoms with Crippen molar-refractivity contribution in [1.29, 1.82) is 0 Å². The Balaban J connectivity index is 2.35. The molecule has 0 fully saturated rings. The van der Waals surface area contributed by atoms with Gasteiger partial charge in [-0.25, -0.2) is 0 Å². The zero-order valence-corrected chi connectivity index (χ0v) is 10.4. The summed E-state index contributed by atoms with van der Waals surface area (Å²) in [6.07, 6.45) is 2.06. The van der Waals surface area contributed by atoms with Crippen molar-refractivity contribution in [2.75, 3.05) is 6.61 Å². The zero-order chi connectivity index (χ0) is 12.0. The van der Waals surface area contributed by atoms with Crippen LogP contribution in [0.1, 0.15) is 37.3 Å². The Bertz CT molecular complexity index is 356. The summed E-state index contributed by atoms with van der Waals surface area (Å²) >= 11 is 0. The maximum atomic E-state index is 11.1. The maximum Gasteiger partial charge on any atom is 0.132 e. The van der Waals surface area contributed by atoms with Crippen LogP contribution >= 0.6 is 0 Å². The lowest BCUT2D eigenvalue weighted by Crippen LogP contribution is -2.03. The summed E-state index contributed by atoms with van der Waals surface area (Å²) in [5.41, 5.74) is 2.40. The Morgan fingerprint density at radius 3 is 2.69 bits per heavy atom. The fourth-order valence-electron chi connectivity index (χ4n) is 1.59. The SMILES string of the molecule is CCC(=O)CCCOc1ccc(C)cc1C. The number of ether oxygens (including phenoxy) is 1. The molecular weight excluding hydrogens is 200 g/mol. The fourth-order valence-corrected chi connectivity index (χ4v) is 1.59. The molecule has 0 unspecified atom stereocenters. The van der Waals surface area contributed by atoms with Crippen LogP contribution in [0.25, 0.3) is 0 Å². The van der Waals surface area contributed by atoms with Gasteiger partial charge in [-0.2, -0.15) is 0 Å². The summed E-state index contributed by atoms with van der Waals surface area (Å²) in [6, 6.07) is 6.14. The van der Waals surface area contributed by atoms with Gasteiger partial charge in [0.25, 0.3) is 0 Å². The van der Waals surface area contributed by atoms with Crippen LogP contribution in [0.5, 0.6) is 5.75 Å². The first-order valence-corrected chi connectivity index (χ1v) is 5.85. The lowest BCUT2D eigenvalue weighted by molar-refractivity contribution is -0.118. The monoisotopic (exact) mass is 220 g/mol. The quantitative estimate of drug-likeness (QED) is 0.686. The van der Waals surface area contributed by atoms with Crippen molar-refractivity contribution >= 4 is 5.78 Å². The zero-order valence-electron chi connectivity index (χ0n) is 10.4. The molecule has 0 spiro atoms. The number of ketones is 1. The number of aryl methyl sites for hydroxylation is 2. The van der Waals surface area contributed by atoms with Gasteiger partial charge in [0.15, 0.2) is 0 Å². The number of carbonyl (C=O) groups excluding carboxylic acids is 1. The number of rotatable bonds is 6. The lowest BCUT2D eigenvalue weighted by Gasteiger charge is -2.09. The number of benzene rings is 1. The van der Waals surface area contributed by atoms with E-state index in [9.17, 15) is 4.79 Å². The highest BCUT2D eigenvalue weighted by atomic mass is 16.5. The largest absolute Gasteiger partial charge is 0.493 e. The topological polar surface area (TPSA) is 26.3 Å². The molecule has 2 nitrogen and oxygen atoms in total. The molecule has 2 heteroatoms. The molecule has 1 aromatic carbocycles. The summed E-state index contributed by atoms with van der Waals surface area (Å²) in [6.45, 7) is 6.62. The van der Waals surface area contributed by atoms with Gasteiger partial charge in [0, 0.05) is 12.8 Å². The van der Waals surface area contributed by atoms with Crippen LogP contribution in [0.2, 0.25) is 0 Å². The van der Waals surface area contributed by atoms with Crippen LogP contribution < -0.4 is 4.74 Å². The fraction of sp³-hybridized carbons (Fsp3) is 0.500. The molecule has 0 heterocycles. The second kappa shape index (κ2) is 6.31. The predicted octanol–water partition coefficient (Wildman–Crippen LogP) is 3.44. The van der Waals surface area contributed by atoms with Crippen LogP contribution in [0.4, 0.5) is 0 Å². The molecule has 0 aromatic heterocycles. The third-order valence-corrected chi connectivity index (χ3v) is 2.58. The van der Waals surface area contributed by atoms with Gasteiger partial charge in [-0.15, -0.1) is 0 Å². The summed E-state index contributed by atoms with van der Waals surface area (Å²) in [5.74, 6) is 1.23. The van der Waals surface area contributed by atoms with E-state index in [0.717, 1.165) is 17.7 Å². The molecule has 0 N–H and O–H groups in total. The smallest absolute Gasteiger partial charge is 0.132 e. The minimum atomic E-state index is 0.309. The van der Waals surface area contributed by atoms with Crippen LogP contribution in [0.3, 0.4) is 0 Å². The average Bonchev–Trinajstić information content (AvgIpc) is 2.26. The van der Waals surface area contributed by atoms with Crippen molar-refractivity contribution in [3.63, 3.8) is 0 Å². The first-order valence-electron chi connectivity index (χ1n) is 5.85. The summed E-state index contributed by atoms with van der Waals surface area (Å²) < 4.78 is 5.63. The molecule has 0 bridgehead atoms. The molecule has 0 aliphatic carbocycles. The Morgan fingerprint density at radius 1 is 1.31 bits per heavy atom. The third kappa shape index (κ3) is 4.05. The van der Waals surface area contributed by atoms with E-state index >= 15 is 0 Å². The molecule has 0 aliphatic heterocycles. The van der Waals surface area contributed by atoms with Crippen LogP contribution in [-0.4, -0.2) is 12.4 Å². The Labute approximate surface area is 97.6 Å². The third-order valence-electron chi connectivity index (χ3n) is 2.58. The molecule has 0 saturated heterocycles. The van der Waals surface area contributed by atoms with Crippen molar-refractivity contribution in [3.8, 4) is 5.75 Å². The van der Waals surface area contributed by atoms with Crippen molar-refractivity contribution < 1.29 is 9.53 Å². The van der Waals surface area contributed by atoms with E-state index in [1.807, 2.05) is 26.0 Å². The highest BCUT2D eigenvalue weighted by Gasteiger charge is 2.01. The van der Waals surface area contributed by atoms with Gasteiger partial charge in [-0.3, -0.25) is 4.79 Å². The normalized spacial score (nSPS) is 10.2. The molecule has 1 aromatic rings. The Hall–Kier alpha value is -1.31. The lowest BCUT2D eigenvalue weighted by atomic mass is 10.1. The number of carbonyl (C=O) groups is 1. The van der Waals surface area contributed by atoms with Crippen molar-refractivity contribution in [1.82, 2.24) is 0 Å². The summed E-state index contributed by atoms with van der Waals surface area (Å²) in [4.78, 5) is 11.1. The molecule has 0 saturated carbocycles. The standard InChI is InChI=1S/C14H20O2/c1-4-13(15)6-5-9-16-14-8-7-11(2)10-12(14)3/h7-8,10H,4-6,9H2,1-3H3. The molecule has 16 heavy (non-hydrogen) atoms. The number of hydrogen-bond acceptors (Lipinski definition) is 2. The number of Topliss-reactive ketones (excluding diaryl/α,β-unsaturated/α-hetero) is 1. The van der Waals surface area contributed by atoms with Gasteiger partial charge in [0.1, 0.15) is 11.5 Å². The highest BCUT2D eigenvalue weighted by molar-refractivity contribution is 5.77. The van der Waals surface area contributed by atoms with Crippen molar-refractivity contribution in [2.24, 2.45) is 0 Å². The van der Waals surface area contributed by atoms with E-state index in [2.05, 4.69) is 13.0 Å². The average molecular weight is 220 g/mol. The van der Waals surface area contributed by atoms with Crippen LogP contribution in [0, 0.1) is 13.8 Å². The highest BCUT2D eigenvalue weighted by Crippen LogP contribution is 2.18. The summed E-state index contributed by atoms with van der Waals surface area (Å²) in [5, 5.41) is 0. The molecule has 0 amide bonds. The summed E-state index contributed by atoms with van der Waals surface area (Å²) in [7, 11) is 0. The van der Waals surface area contributed by atoms with Gasteiger partial charge < -0.3 is 4.74 Å². The molecule has 0 atom stereocenters. The van der Waals surface area contributed by atoms with Gasteiger partial charge >= 0.3 is 0 Å². The minimum absolute atomic E-state index is 0.309. The van der Waals surface area contributed by atoms with Crippen LogP contribution in [0.15, 0.2) is 18.2 Å². The van der Waals surface area contributed by atoms with Crippen molar-refractivity contribution in [2.45, 2.75) is 40.0 Å². The first kappa shape index (κ1) is 12.8. The van der Waals surface area contributed by atoms with Gasteiger partial charge in [0.2, 0.25) is 0 Å². The van der Waals surface area contributed by atoms with E-state index in [1.165, 1.54) is 5.56 Å². The number of hydrogen-bond donors (Lipinski definition) is 0. The van der Waals surface area contributed by atoms with E-state index in [1.54, 1.807) is 0 Å². The second-order valence-corrected chi connectivity index (χ2v) is 4.11. The molecule has 0 radical (unpaired) electrons. The Morgan fingerprint density at radius 2 is 2.06 bits per heavy atom. The first-order chi connectivity index (χ1) is 7.63. The Kier molecular flexibility index (Phi) is 5.03. The van der Waals surface area contributed by atoms with E-state index in [-0.39, 0.29) is 0 Å². The van der Waals surface area contributed by atoms with Gasteiger partial charge in [0.05, 0.1) is 6.61 Å². The van der Waals surface area contributed by atoms with E-state index < -0.39 is 0 Å². The van der Waals surface area contributed by atoms with Gasteiger partial charge in [-0.05, 0) is 31.9 Å². The van der Waals surface area contributed by atoms with E-state index in [0.29, 0.717) is 25.2 Å². The minimum Gasteiger partial charge on any atom is -0.493 e.